The van der Waals surface area contributed by atoms with Crippen LogP contribution in [0.5, 0.6) is 0 Å². The standard InChI is InChI=1S/C19H26N6O3/c1-13(2)18(20)19(28)22-11-16(26)21-10-14-5-3-6-15(9-14)24-17(27)12-25-8-4-7-23-25/h3-9,13,18H,10-12,20H2,1-2H3,(H,21,26)(H,22,28)(H,24,27)/t18-/m0/s1. The first-order chi connectivity index (χ1) is 13.3. The Bertz CT molecular complexity index is 804. The molecule has 1 aromatic carbocycles. The maximum atomic E-state index is 12.0. The van der Waals surface area contributed by atoms with E-state index in [9.17, 15) is 14.4 Å². The molecule has 0 spiro atoms. The maximum Gasteiger partial charge on any atom is 0.246 e. The van der Waals surface area contributed by atoms with Crippen molar-refractivity contribution in [3.05, 3.63) is 48.3 Å². The van der Waals surface area contributed by atoms with Gasteiger partial charge in [-0.15, -0.1) is 0 Å². The third-order valence-corrected chi connectivity index (χ3v) is 4.01. The molecule has 9 heteroatoms. The molecule has 0 aliphatic rings. The van der Waals surface area contributed by atoms with Gasteiger partial charge < -0.3 is 21.7 Å². The molecule has 150 valence electrons. The third-order valence-electron chi connectivity index (χ3n) is 4.01. The number of nitrogens with zero attached hydrogens (tertiary/aromatic N) is 2. The fraction of sp³-hybridized carbons (Fsp3) is 0.368. The highest BCUT2D eigenvalue weighted by molar-refractivity contribution is 5.90. The smallest absolute Gasteiger partial charge is 0.246 e. The molecule has 0 radical (unpaired) electrons. The maximum absolute atomic E-state index is 12.0. The predicted octanol–water partition coefficient (Wildman–Crippen LogP) is 0.238. The zero-order chi connectivity index (χ0) is 20.5. The van der Waals surface area contributed by atoms with E-state index in [1.165, 1.54) is 4.68 Å². The number of aromatic nitrogens is 2. The first-order valence-electron chi connectivity index (χ1n) is 9.01. The van der Waals surface area contributed by atoms with E-state index in [0.29, 0.717) is 5.69 Å². The van der Waals surface area contributed by atoms with Gasteiger partial charge in [0.05, 0.1) is 12.6 Å². The van der Waals surface area contributed by atoms with Gasteiger partial charge >= 0.3 is 0 Å². The van der Waals surface area contributed by atoms with Crippen molar-refractivity contribution in [1.82, 2.24) is 20.4 Å². The van der Waals surface area contributed by atoms with Crippen molar-refractivity contribution in [3.63, 3.8) is 0 Å². The molecule has 1 atom stereocenters. The number of hydrogen-bond acceptors (Lipinski definition) is 5. The van der Waals surface area contributed by atoms with E-state index < -0.39 is 6.04 Å². The van der Waals surface area contributed by atoms with Gasteiger partial charge in [0.15, 0.2) is 0 Å². The summed E-state index contributed by atoms with van der Waals surface area (Å²) in [6.45, 7) is 3.93. The van der Waals surface area contributed by atoms with Crippen LogP contribution in [0.25, 0.3) is 0 Å². The summed E-state index contributed by atoms with van der Waals surface area (Å²) in [5, 5.41) is 12.0. The zero-order valence-electron chi connectivity index (χ0n) is 16.0. The first-order valence-corrected chi connectivity index (χ1v) is 9.01. The SMILES string of the molecule is CC(C)[C@H](N)C(=O)NCC(=O)NCc1cccc(NC(=O)Cn2cccn2)c1. The Labute approximate surface area is 163 Å². The van der Waals surface area contributed by atoms with Crippen LogP contribution in [0.4, 0.5) is 5.69 Å². The number of benzene rings is 1. The van der Waals surface area contributed by atoms with Crippen molar-refractivity contribution < 1.29 is 14.4 Å². The van der Waals surface area contributed by atoms with Crippen LogP contribution in [0, 0.1) is 5.92 Å². The molecule has 0 aliphatic heterocycles. The Balaban J connectivity index is 1.78. The highest BCUT2D eigenvalue weighted by Crippen LogP contribution is 2.10. The fourth-order valence-electron chi connectivity index (χ4n) is 2.35. The molecule has 0 unspecified atom stereocenters. The molecule has 0 aliphatic carbocycles. The van der Waals surface area contributed by atoms with Gasteiger partial charge in [-0.05, 0) is 29.7 Å². The lowest BCUT2D eigenvalue weighted by atomic mass is 10.1. The van der Waals surface area contributed by atoms with Gasteiger partial charge in [-0.3, -0.25) is 19.1 Å². The Morgan fingerprint density at radius 3 is 2.61 bits per heavy atom. The highest BCUT2D eigenvalue weighted by atomic mass is 16.2. The van der Waals surface area contributed by atoms with Crippen molar-refractivity contribution >= 4 is 23.4 Å². The van der Waals surface area contributed by atoms with Crippen LogP contribution in [0.15, 0.2) is 42.7 Å². The van der Waals surface area contributed by atoms with Crippen LogP contribution in [0.1, 0.15) is 19.4 Å². The Hall–Kier alpha value is -3.20. The molecule has 2 aromatic rings. The fourth-order valence-corrected chi connectivity index (χ4v) is 2.35. The second kappa shape index (κ2) is 10.2. The summed E-state index contributed by atoms with van der Waals surface area (Å²) in [5.41, 5.74) is 7.17. The summed E-state index contributed by atoms with van der Waals surface area (Å²) in [6.07, 6.45) is 3.31. The van der Waals surface area contributed by atoms with Crippen molar-refractivity contribution in [3.8, 4) is 0 Å². The number of anilines is 1. The lowest BCUT2D eigenvalue weighted by molar-refractivity contribution is -0.127. The Morgan fingerprint density at radius 2 is 1.93 bits per heavy atom. The highest BCUT2D eigenvalue weighted by Gasteiger charge is 2.17. The van der Waals surface area contributed by atoms with E-state index in [0.717, 1.165) is 5.56 Å². The average molecular weight is 386 g/mol. The molecular formula is C19H26N6O3. The number of carbonyl (C=O) groups excluding carboxylic acids is 3. The van der Waals surface area contributed by atoms with Gasteiger partial charge in [0.1, 0.15) is 6.54 Å². The summed E-state index contributed by atoms with van der Waals surface area (Å²) in [5.74, 6) is -0.882. The summed E-state index contributed by atoms with van der Waals surface area (Å²) in [4.78, 5) is 35.7. The van der Waals surface area contributed by atoms with E-state index in [1.807, 2.05) is 19.9 Å². The van der Waals surface area contributed by atoms with Gasteiger partial charge in [0.25, 0.3) is 0 Å². The van der Waals surface area contributed by atoms with E-state index in [1.54, 1.807) is 36.7 Å². The molecule has 28 heavy (non-hydrogen) atoms. The second-order valence-electron chi connectivity index (χ2n) is 6.72. The first kappa shape index (κ1) is 21.1. The minimum absolute atomic E-state index is 0.00527. The van der Waals surface area contributed by atoms with Crippen molar-refractivity contribution in [2.75, 3.05) is 11.9 Å². The molecule has 0 saturated carbocycles. The zero-order valence-corrected chi connectivity index (χ0v) is 16.0. The molecule has 0 fully saturated rings. The lowest BCUT2D eigenvalue weighted by Gasteiger charge is -2.15. The van der Waals surface area contributed by atoms with E-state index in [2.05, 4.69) is 21.0 Å². The van der Waals surface area contributed by atoms with Crippen molar-refractivity contribution in [1.29, 1.82) is 0 Å². The van der Waals surface area contributed by atoms with E-state index >= 15 is 0 Å². The largest absolute Gasteiger partial charge is 0.350 e. The number of rotatable bonds is 9. The molecule has 0 saturated heterocycles. The molecule has 1 aromatic heterocycles. The van der Waals surface area contributed by atoms with Crippen LogP contribution < -0.4 is 21.7 Å². The number of amides is 3. The van der Waals surface area contributed by atoms with Crippen LogP contribution in [0.2, 0.25) is 0 Å². The van der Waals surface area contributed by atoms with Crippen molar-refractivity contribution in [2.24, 2.45) is 11.7 Å². The minimum atomic E-state index is -0.644. The Morgan fingerprint density at radius 1 is 1.14 bits per heavy atom. The van der Waals surface area contributed by atoms with E-state index in [4.69, 9.17) is 5.73 Å². The van der Waals surface area contributed by atoms with E-state index in [-0.39, 0.29) is 43.3 Å². The van der Waals surface area contributed by atoms with Gasteiger partial charge in [-0.25, -0.2) is 0 Å². The van der Waals surface area contributed by atoms with Gasteiger partial charge in [0, 0.05) is 24.6 Å². The summed E-state index contributed by atoms with van der Waals surface area (Å²) in [7, 11) is 0. The molecule has 0 bridgehead atoms. The summed E-state index contributed by atoms with van der Waals surface area (Å²) >= 11 is 0. The van der Waals surface area contributed by atoms with Gasteiger partial charge in [-0.2, -0.15) is 5.10 Å². The lowest BCUT2D eigenvalue weighted by Crippen LogP contribution is -2.47. The molecule has 2 rings (SSSR count). The van der Waals surface area contributed by atoms with Crippen LogP contribution in [-0.2, 0) is 27.5 Å². The van der Waals surface area contributed by atoms with Crippen LogP contribution in [0.3, 0.4) is 0 Å². The number of carbonyl (C=O) groups is 3. The topological polar surface area (TPSA) is 131 Å². The third kappa shape index (κ3) is 6.84. The van der Waals surface area contributed by atoms with Crippen LogP contribution >= 0.6 is 0 Å². The predicted molar refractivity (Wildman–Crippen MR) is 105 cm³/mol. The monoisotopic (exact) mass is 386 g/mol. The normalized spacial score (nSPS) is 11.7. The summed E-state index contributed by atoms with van der Waals surface area (Å²) in [6, 6.07) is 8.25. The van der Waals surface area contributed by atoms with Crippen LogP contribution in [-0.4, -0.2) is 40.1 Å². The molecular weight excluding hydrogens is 360 g/mol. The second-order valence-corrected chi connectivity index (χ2v) is 6.72. The summed E-state index contributed by atoms with van der Waals surface area (Å²) < 4.78 is 1.53. The van der Waals surface area contributed by atoms with Gasteiger partial charge in [0.2, 0.25) is 17.7 Å². The Kier molecular flexibility index (Phi) is 7.70. The minimum Gasteiger partial charge on any atom is -0.350 e. The molecule has 1 heterocycles. The molecule has 9 nitrogen and oxygen atoms in total. The average Bonchev–Trinajstić information content (AvgIpc) is 3.16. The molecule has 3 amide bonds. The molecule has 5 N–H and O–H groups in total. The number of nitrogens with two attached hydrogens (primary N) is 1. The van der Waals surface area contributed by atoms with Gasteiger partial charge in [-0.1, -0.05) is 26.0 Å². The quantitative estimate of drug-likeness (QED) is 0.490. The number of nitrogens with one attached hydrogen (secondary N) is 3. The number of hydrogen-bond donors (Lipinski definition) is 4. The van der Waals surface area contributed by atoms with Crippen molar-refractivity contribution in [2.45, 2.75) is 33.0 Å².